The summed E-state index contributed by atoms with van der Waals surface area (Å²) in [6, 6.07) is 6.73. The van der Waals surface area contributed by atoms with Crippen LogP contribution >= 0.6 is 15.9 Å². The molecule has 108 valence electrons. The molecule has 1 aromatic carbocycles. The van der Waals surface area contributed by atoms with Crippen LogP contribution < -0.4 is 5.73 Å². The molecule has 5 heteroatoms. The molecule has 1 heterocycles. The molecule has 0 radical (unpaired) electrons. The van der Waals surface area contributed by atoms with Crippen LogP contribution in [0.3, 0.4) is 0 Å². The number of hydrogen-bond donors (Lipinski definition) is 1. The minimum Gasteiger partial charge on any atom is -0.322 e. The number of hydrogen-bond acceptors (Lipinski definition) is 2. The first-order valence-corrected chi connectivity index (χ1v) is 7.60. The van der Waals surface area contributed by atoms with Gasteiger partial charge in [-0.1, -0.05) is 22.9 Å². The first-order chi connectivity index (χ1) is 9.53. The van der Waals surface area contributed by atoms with Gasteiger partial charge in [-0.2, -0.15) is 5.10 Å². The lowest BCUT2D eigenvalue weighted by atomic mass is 10.0. The predicted octanol–water partition coefficient (Wildman–Crippen LogP) is 3.61. The average Bonchev–Trinajstić information content (AvgIpc) is 2.80. The molecule has 1 atom stereocenters. The van der Waals surface area contributed by atoms with E-state index in [0.29, 0.717) is 6.42 Å². The summed E-state index contributed by atoms with van der Waals surface area (Å²) in [7, 11) is 0. The van der Waals surface area contributed by atoms with Gasteiger partial charge in [0.1, 0.15) is 5.82 Å². The Kier molecular flexibility index (Phi) is 4.94. The van der Waals surface area contributed by atoms with Crippen LogP contribution in [0.15, 0.2) is 28.7 Å². The molecule has 1 aromatic heterocycles. The second-order valence-corrected chi connectivity index (χ2v) is 5.73. The Morgan fingerprint density at radius 3 is 2.65 bits per heavy atom. The van der Waals surface area contributed by atoms with E-state index in [2.05, 4.69) is 28.0 Å². The second-order valence-electron chi connectivity index (χ2n) is 4.82. The highest BCUT2D eigenvalue weighted by Gasteiger charge is 2.15. The van der Waals surface area contributed by atoms with Crippen LogP contribution in [0.2, 0.25) is 0 Å². The quantitative estimate of drug-likeness (QED) is 0.904. The van der Waals surface area contributed by atoms with Gasteiger partial charge in [0.25, 0.3) is 0 Å². The highest BCUT2D eigenvalue weighted by Crippen LogP contribution is 2.21. The fraction of sp³-hybridized carbons (Fsp3) is 0.400. The molecule has 2 rings (SSSR count). The summed E-state index contributed by atoms with van der Waals surface area (Å²) in [5, 5.41) is 4.50. The van der Waals surface area contributed by atoms with Crippen molar-refractivity contribution in [3.8, 4) is 0 Å². The smallest absolute Gasteiger partial charge is 0.124 e. The monoisotopic (exact) mass is 339 g/mol. The topological polar surface area (TPSA) is 43.8 Å². The largest absolute Gasteiger partial charge is 0.322 e. The summed E-state index contributed by atoms with van der Waals surface area (Å²) in [6.45, 7) is 4.90. The van der Waals surface area contributed by atoms with Gasteiger partial charge in [0.15, 0.2) is 0 Å². The van der Waals surface area contributed by atoms with Crippen LogP contribution in [0.25, 0.3) is 0 Å². The number of aryl methyl sites for hydroxylation is 2. The number of aromatic nitrogens is 2. The third kappa shape index (κ3) is 3.46. The Morgan fingerprint density at radius 2 is 2.05 bits per heavy atom. The zero-order chi connectivity index (χ0) is 14.7. The fourth-order valence-corrected chi connectivity index (χ4v) is 2.81. The van der Waals surface area contributed by atoms with Crippen LogP contribution in [0.1, 0.15) is 36.8 Å². The van der Waals surface area contributed by atoms with Crippen molar-refractivity contribution in [3.63, 3.8) is 0 Å². The van der Waals surface area contributed by atoms with Gasteiger partial charge >= 0.3 is 0 Å². The van der Waals surface area contributed by atoms with Crippen molar-refractivity contribution in [1.29, 1.82) is 0 Å². The third-order valence-corrected chi connectivity index (χ3v) is 3.74. The van der Waals surface area contributed by atoms with Gasteiger partial charge in [0, 0.05) is 11.0 Å². The van der Waals surface area contributed by atoms with E-state index < -0.39 is 0 Å². The van der Waals surface area contributed by atoms with E-state index in [1.54, 1.807) is 0 Å². The lowest BCUT2D eigenvalue weighted by Gasteiger charge is -2.13. The highest BCUT2D eigenvalue weighted by molar-refractivity contribution is 9.10. The van der Waals surface area contributed by atoms with Crippen molar-refractivity contribution in [2.24, 2.45) is 5.73 Å². The second kappa shape index (κ2) is 6.50. The Morgan fingerprint density at radius 1 is 1.30 bits per heavy atom. The summed E-state index contributed by atoms with van der Waals surface area (Å²) < 4.78 is 16.1. The molecule has 0 aliphatic rings. The van der Waals surface area contributed by atoms with Crippen LogP contribution in [0.4, 0.5) is 4.39 Å². The van der Waals surface area contributed by atoms with Crippen molar-refractivity contribution in [1.82, 2.24) is 9.78 Å². The zero-order valence-corrected chi connectivity index (χ0v) is 13.3. The van der Waals surface area contributed by atoms with E-state index in [-0.39, 0.29) is 11.9 Å². The van der Waals surface area contributed by atoms with E-state index >= 15 is 0 Å². The lowest BCUT2D eigenvalue weighted by molar-refractivity contribution is 0.563. The van der Waals surface area contributed by atoms with Crippen molar-refractivity contribution in [2.75, 3.05) is 0 Å². The van der Waals surface area contributed by atoms with Crippen molar-refractivity contribution < 1.29 is 4.39 Å². The Labute approximate surface area is 127 Å². The summed E-state index contributed by atoms with van der Waals surface area (Å²) in [5.74, 6) is -0.250. The van der Waals surface area contributed by atoms with E-state index in [1.807, 2.05) is 23.7 Å². The zero-order valence-electron chi connectivity index (χ0n) is 11.7. The van der Waals surface area contributed by atoms with Crippen LogP contribution in [0.5, 0.6) is 0 Å². The minimum atomic E-state index is -0.250. The van der Waals surface area contributed by atoms with Crippen molar-refractivity contribution in [3.05, 3.63) is 51.5 Å². The lowest BCUT2D eigenvalue weighted by Crippen LogP contribution is -2.18. The minimum absolute atomic E-state index is 0.184. The van der Waals surface area contributed by atoms with Crippen molar-refractivity contribution >= 4 is 15.9 Å². The Bertz CT molecular complexity index is 575. The Hall–Kier alpha value is -1.20. The van der Waals surface area contributed by atoms with Gasteiger partial charge in [-0.05, 0) is 49.6 Å². The predicted molar refractivity (Wildman–Crippen MR) is 82.0 cm³/mol. The molecular formula is C15H19BrFN3. The maximum Gasteiger partial charge on any atom is 0.124 e. The number of nitrogens with zero attached hydrogens (tertiary/aromatic N) is 2. The fourth-order valence-electron chi connectivity index (χ4n) is 2.30. The molecule has 0 saturated heterocycles. The van der Waals surface area contributed by atoms with Gasteiger partial charge in [-0.25, -0.2) is 4.39 Å². The number of halogens is 2. The molecule has 0 aliphatic carbocycles. The molecule has 0 aliphatic heterocycles. The summed E-state index contributed by atoms with van der Waals surface area (Å²) >= 11 is 3.30. The number of benzene rings is 1. The first kappa shape index (κ1) is 15.2. The third-order valence-electron chi connectivity index (χ3n) is 3.28. The Balaban J connectivity index is 2.22. The molecule has 2 N–H and O–H groups in total. The summed E-state index contributed by atoms with van der Waals surface area (Å²) in [6.07, 6.45) is 1.48. The maximum atomic E-state index is 13.4. The SMILES string of the molecule is CCc1cc(C(N)Cc2cc(F)cc(Br)c2)n(CC)n1. The van der Waals surface area contributed by atoms with Crippen LogP contribution in [0, 0.1) is 5.82 Å². The van der Waals surface area contributed by atoms with Gasteiger partial charge in [0.05, 0.1) is 17.4 Å². The molecule has 0 saturated carbocycles. The maximum absolute atomic E-state index is 13.4. The molecule has 2 aromatic rings. The average molecular weight is 340 g/mol. The van der Waals surface area contributed by atoms with Gasteiger partial charge in [-0.15, -0.1) is 0 Å². The van der Waals surface area contributed by atoms with E-state index in [9.17, 15) is 4.39 Å². The number of rotatable bonds is 5. The molecule has 3 nitrogen and oxygen atoms in total. The molecular weight excluding hydrogens is 321 g/mol. The van der Waals surface area contributed by atoms with Crippen LogP contribution in [-0.2, 0) is 19.4 Å². The normalized spacial score (nSPS) is 12.7. The van der Waals surface area contributed by atoms with Gasteiger partial charge in [0.2, 0.25) is 0 Å². The summed E-state index contributed by atoms with van der Waals surface area (Å²) in [4.78, 5) is 0. The van der Waals surface area contributed by atoms with Crippen LogP contribution in [-0.4, -0.2) is 9.78 Å². The molecule has 0 bridgehead atoms. The standard InChI is InChI=1S/C15H19BrFN3/c1-3-13-9-15(20(4-2)19-13)14(18)7-10-5-11(16)8-12(17)6-10/h5-6,8-9,14H,3-4,7,18H2,1-2H3. The first-order valence-electron chi connectivity index (χ1n) is 6.80. The van der Waals surface area contributed by atoms with Crippen molar-refractivity contribution in [2.45, 2.75) is 39.3 Å². The van der Waals surface area contributed by atoms with Gasteiger partial charge < -0.3 is 5.73 Å². The molecule has 1 unspecified atom stereocenters. The van der Waals surface area contributed by atoms with E-state index in [1.165, 1.54) is 12.1 Å². The molecule has 20 heavy (non-hydrogen) atoms. The summed E-state index contributed by atoms with van der Waals surface area (Å²) in [5.41, 5.74) is 9.20. The van der Waals surface area contributed by atoms with E-state index in [0.717, 1.165) is 34.4 Å². The van der Waals surface area contributed by atoms with E-state index in [4.69, 9.17) is 5.73 Å². The highest BCUT2D eigenvalue weighted by atomic mass is 79.9. The molecule has 0 amide bonds. The molecule has 0 fully saturated rings. The van der Waals surface area contributed by atoms with Gasteiger partial charge in [-0.3, -0.25) is 4.68 Å². The number of nitrogens with two attached hydrogens (primary N) is 1. The molecule has 0 spiro atoms.